The SMILES string of the molecule is Cc1ccccc1S(=O)(=O)N[C@H](C(=O)N1CCCC1)c1ccccc1. The van der Waals surface area contributed by atoms with Crippen LogP contribution in [0.4, 0.5) is 0 Å². The Morgan fingerprint density at radius 1 is 1.00 bits per heavy atom. The molecule has 1 atom stereocenters. The van der Waals surface area contributed by atoms with Gasteiger partial charge in [-0.25, -0.2) is 8.42 Å². The maximum atomic E-state index is 12.9. The molecule has 0 spiro atoms. The second kappa shape index (κ2) is 7.37. The molecule has 0 unspecified atom stereocenters. The minimum atomic E-state index is -3.81. The van der Waals surface area contributed by atoms with Crippen molar-refractivity contribution in [3.8, 4) is 0 Å². The number of amides is 1. The van der Waals surface area contributed by atoms with E-state index in [1.807, 2.05) is 18.2 Å². The zero-order chi connectivity index (χ0) is 17.9. The van der Waals surface area contributed by atoms with Crippen LogP contribution in [0.3, 0.4) is 0 Å². The molecule has 5 nitrogen and oxygen atoms in total. The van der Waals surface area contributed by atoms with Gasteiger partial charge in [-0.2, -0.15) is 4.72 Å². The molecule has 1 aliphatic heterocycles. The van der Waals surface area contributed by atoms with Gasteiger partial charge in [0.2, 0.25) is 15.9 Å². The van der Waals surface area contributed by atoms with E-state index in [0.29, 0.717) is 24.2 Å². The van der Waals surface area contributed by atoms with Gasteiger partial charge in [-0.15, -0.1) is 0 Å². The molecule has 132 valence electrons. The Bertz CT molecular complexity index is 844. The number of carbonyl (C=O) groups is 1. The highest BCUT2D eigenvalue weighted by molar-refractivity contribution is 7.89. The van der Waals surface area contributed by atoms with E-state index in [9.17, 15) is 13.2 Å². The van der Waals surface area contributed by atoms with Gasteiger partial charge in [-0.3, -0.25) is 4.79 Å². The summed E-state index contributed by atoms with van der Waals surface area (Å²) in [6.07, 6.45) is 1.91. The van der Waals surface area contributed by atoms with E-state index in [1.165, 1.54) is 0 Å². The van der Waals surface area contributed by atoms with Crippen LogP contribution in [-0.2, 0) is 14.8 Å². The summed E-state index contributed by atoms with van der Waals surface area (Å²) in [7, 11) is -3.81. The van der Waals surface area contributed by atoms with Crippen molar-refractivity contribution in [2.75, 3.05) is 13.1 Å². The van der Waals surface area contributed by atoms with Gasteiger partial charge in [0.15, 0.2) is 0 Å². The molecular weight excluding hydrogens is 336 g/mol. The third-order valence-corrected chi connectivity index (χ3v) is 6.04. The van der Waals surface area contributed by atoms with Crippen LogP contribution < -0.4 is 4.72 Å². The molecule has 2 aromatic rings. The number of likely N-dealkylation sites (tertiary alicyclic amines) is 1. The van der Waals surface area contributed by atoms with Crippen molar-refractivity contribution in [1.29, 1.82) is 0 Å². The van der Waals surface area contributed by atoms with Gasteiger partial charge in [-0.05, 0) is 37.0 Å². The zero-order valence-corrected chi connectivity index (χ0v) is 15.0. The predicted molar refractivity (Wildman–Crippen MR) is 96.5 cm³/mol. The van der Waals surface area contributed by atoms with Gasteiger partial charge in [0, 0.05) is 13.1 Å². The second-order valence-electron chi connectivity index (χ2n) is 6.26. The number of nitrogens with one attached hydrogen (secondary N) is 1. The molecule has 3 rings (SSSR count). The largest absolute Gasteiger partial charge is 0.341 e. The summed E-state index contributed by atoms with van der Waals surface area (Å²) in [4.78, 5) is 14.9. The average Bonchev–Trinajstić information content (AvgIpc) is 3.15. The van der Waals surface area contributed by atoms with Gasteiger partial charge in [-0.1, -0.05) is 48.5 Å². The molecule has 0 aliphatic carbocycles. The van der Waals surface area contributed by atoms with Crippen LogP contribution in [0.5, 0.6) is 0 Å². The molecule has 1 fully saturated rings. The number of benzene rings is 2. The van der Waals surface area contributed by atoms with Crippen LogP contribution in [0.2, 0.25) is 0 Å². The third-order valence-electron chi connectivity index (χ3n) is 4.45. The molecule has 6 heteroatoms. The number of hydrogen-bond donors (Lipinski definition) is 1. The highest BCUT2D eigenvalue weighted by Crippen LogP contribution is 2.23. The molecule has 25 heavy (non-hydrogen) atoms. The van der Waals surface area contributed by atoms with Crippen molar-refractivity contribution in [3.05, 3.63) is 65.7 Å². The summed E-state index contributed by atoms with van der Waals surface area (Å²) in [5.74, 6) is -0.194. The van der Waals surface area contributed by atoms with E-state index in [0.717, 1.165) is 12.8 Å². The van der Waals surface area contributed by atoms with Crippen LogP contribution >= 0.6 is 0 Å². The molecule has 0 aromatic heterocycles. The Morgan fingerprint density at radius 2 is 1.60 bits per heavy atom. The van der Waals surface area contributed by atoms with Crippen molar-refractivity contribution in [2.24, 2.45) is 0 Å². The van der Waals surface area contributed by atoms with E-state index >= 15 is 0 Å². The lowest BCUT2D eigenvalue weighted by atomic mass is 10.1. The Morgan fingerprint density at radius 3 is 2.24 bits per heavy atom. The standard InChI is InChI=1S/C19H22N2O3S/c1-15-9-5-6-12-17(15)25(23,24)20-18(16-10-3-2-4-11-16)19(22)21-13-7-8-14-21/h2-6,9-12,18,20H,7-8,13-14H2,1H3/t18-/m0/s1. The first-order chi connectivity index (χ1) is 12.0. The minimum Gasteiger partial charge on any atom is -0.341 e. The lowest BCUT2D eigenvalue weighted by Gasteiger charge is -2.24. The number of aryl methyl sites for hydroxylation is 1. The molecule has 2 aromatic carbocycles. The van der Waals surface area contributed by atoms with Crippen LogP contribution in [0.25, 0.3) is 0 Å². The quantitative estimate of drug-likeness (QED) is 0.893. The highest BCUT2D eigenvalue weighted by atomic mass is 32.2. The third kappa shape index (κ3) is 3.91. The normalized spacial score (nSPS) is 16.0. The van der Waals surface area contributed by atoms with E-state index in [2.05, 4.69) is 4.72 Å². The number of sulfonamides is 1. The summed E-state index contributed by atoms with van der Waals surface area (Å²) < 4.78 is 28.4. The van der Waals surface area contributed by atoms with Crippen molar-refractivity contribution in [2.45, 2.75) is 30.7 Å². The number of rotatable bonds is 5. The molecular formula is C19H22N2O3S. The van der Waals surface area contributed by atoms with Crippen LogP contribution in [0.15, 0.2) is 59.5 Å². The minimum absolute atomic E-state index is 0.194. The maximum absolute atomic E-state index is 12.9. The fourth-order valence-corrected chi connectivity index (χ4v) is 4.53. The van der Waals surface area contributed by atoms with Crippen LogP contribution in [0, 0.1) is 6.92 Å². The van der Waals surface area contributed by atoms with Gasteiger partial charge >= 0.3 is 0 Å². The summed E-state index contributed by atoms with van der Waals surface area (Å²) in [6, 6.07) is 14.9. The topological polar surface area (TPSA) is 66.5 Å². The highest BCUT2D eigenvalue weighted by Gasteiger charge is 2.32. The Labute approximate surface area is 148 Å². The van der Waals surface area contributed by atoms with Crippen molar-refractivity contribution >= 4 is 15.9 Å². The molecule has 0 saturated carbocycles. The summed E-state index contributed by atoms with van der Waals surface area (Å²) >= 11 is 0. The molecule has 0 radical (unpaired) electrons. The van der Waals surface area contributed by atoms with E-state index in [-0.39, 0.29) is 10.8 Å². The summed E-state index contributed by atoms with van der Waals surface area (Å²) in [5, 5.41) is 0. The monoisotopic (exact) mass is 358 g/mol. The van der Waals surface area contributed by atoms with E-state index in [4.69, 9.17) is 0 Å². The fraction of sp³-hybridized carbons (Fsp3) is 0.316. The Kier molecular flexibility index (Phi) is 5.20. The molecule has 1 amide bonds. The lowest BCUT2D eigenvalue weighted by molar-refractivity contribution is -0.132. The second-order valence-corrected chi connectivity index (χ2v) is 7.95. The van der Waals surface area contributed by atoms with Crippen LogP contribution in [-0.4, -0.2) is 32.3 Å². The molecule has 0 bridgehead atoms. The Balaban J connectivity index is 1.95. The van der Waals surface area contributed by atoms with Gasteiger partial charge in [0.25, 0.3) is 0 Å². The van der Waals surface area contributed by atoms with Gasteiger partial charge in [0.05, 0.1) is 4.90 Å². The van der Waals surface area contributed by atoms with Crippen molar-refractivity contribution in [1.82, 2.24) is 9.62 Å². The average molecular weight is 358 g/mol. The first kappa shape index (κ1) is 17.6. The number of nitrogens with zero attached hydrogens (tertiary/aromatic N) is 1. The lowest BCUT2D eigenvalue weighted by Crippen LogP contribution is -2.41. The summed E-state index contributed by atoms with van der Waals surface area (Å²) in [6.45, 7) is 3.09. The van der Waals surface area contributed by atoms with Crippen molar-refractivity contribution < 1.29 is 13.2 Å². The Hall–Kier alpha value is -2.18. The van der Waals surface area contributed by atoms with Crippen LogP contribution in [0.1, 0.15) is 30.0 Å². The number of hydrogen-bond acceptors (Lipinski definition) is 3. The smallest absolute Gasteiger partial charge is 0.245 e. The van der Waals surface area contributed by atoms with Gasteiger partial charge in [0.1, 0.15) is 6.04 Å². The molecule has 1 heterocycles. The first-order valence-electron chi connectivity index (χ1n) is 8.41. The molecule has 1 aliphatic rings. The van der Waals surface area contributed by atoms with E-state index in [1.54, 1.807) is 48.2 Å². The van der Waals surface area contributed by atoms with E-state index < -0.39 is 16.1 Å². The first-order valence-corrected chi connectivity index (χ1v) is 9.89. The molecule has 1 saturated heterocycles. The summed E-state index contributed by atoms with van der Waals surface area (Å²) in [5.41, 5.74) is 1.30. The maximum Gasteiger partial charge on any atom is 0.245 e. The number of carbonyl (C=O) groups excluding carboxylic acids is 1. The van der Waals surface area contributed by atoms with Crippen molar-refractivity contribution in [3.63, 3.8) is 0 Å². The fourth-order valence-electron chi connectivity index (χ4n) is 3.10. The van der Waals surface area contributed by atoms with Gasteiger partial charge < -0.3 is 4.90 Å². The predicted octanol–water partition coefficient (Wildman–Crippen LogP) is 2.64. The molecule has 1 N–H and O–H groups in total. The zero-order valence-electron chi connectivity index (χ0n) is 14.2.